The summed E-state index contributed by atoms with van der Waals surface area (Å²) in [5.41, 5.74) is 0. The molecular formula is C12H22N4O4S2. The number of sulfonamides is 2. The zero-order chi connectivity index (χ0) is 17.1. The van der Waals surface area contributed by atoms with Gasteiger partial charge in [0.15, 0.2) is 4.58 Å². The molecule has 0 amide bonds. The molecule has 0 heterocycles. The Morgan fingerprint density at radius 1 is 0.818 bits per heavy atom. The van der Waals surface area contributed by atoms with E-state index in [2.05, 4.69) is 9.44 Å². The first-order valence-corrected chi connectivity index (χ1v) is 10.1. The van der Waals surface area contributed by atoms with Crippen LogP contribution in [0.15, 0.2) is 0 Å². The summed E-state index contributed by atoms with van der Waals surface area (Å²) in [5.74, 6) is 0. The van der Waals surface area contributed by atoms with Crippen molar-refractivity contribution < 1.29 is 16.8 Å². The molecule has 0 bridgehead atoms. The SMILES string of the molecule is CC(S(=O)(=O)NCCCCC#N)S(=O)(=O)NCCCCC#N. The van der Waals surface area contributed by atoms with Crippen molar-refractivity contribution in [2.24, 2.45) is 0 Å². The summed E-state index contributed by atoms with van der Waals surface area (Å²) < 4.78 is 50.5. The number of rotatable bonds is 12. The Labute approximate surface area is 132 Å². The monoisotopic (exact) mass is 350 g/mol. The van der Waals surface area contributed by atoms with E-state index in [0.29, 0.717) is 38.5 Å². The second kappa shape index (κ2) is 10.5. The lowest BCUT2D eigenvalue weighted by Gasteiger charge is -2.15. The molecule has 0 aliphatic rings. The van der Waals surface area contributed by atoms with Gasteiger partial charge in [-0.25, -0.2) is 26.3 Å². The summed E-state index contributed by atoms with van der Waals surface area (Å²) in [7, 11) is -7.98. The fourth-order valence-electron chi connectivity index (χ4n) is 1.49. The zero-order valence-electron chi connectivity index (χ0n) is 12.6. The van der Waals surface area contributed by atoms with Gasteiger partial charge in [0.25, 0.3) is 0 Å². The van der Waals surface area contributed by atoms with Crippen LogP contribution in [0.3, 0.4) is 0 Å². The van der Waals surface area contributed by atoms with Crippen molar-refractivity contribution in [1.29, 1.82) is 10.5 Å². The molecule has 0 atom stereocenters. The van der Waals surface area contributed by atoms with Gasteiger partial charge in [0.1, 0.15) is 0 Å². The first-order valence-electron chi connectivity index (χ1n) is 6.99. The molecule has 0 spiro atoms. The molecule has 0 aliphatic carbocycles. The second-order valence-electron chi connectivity index (χ2n) is 4.68. The van der Waals surface area contributed by atoms with Crippen molar-refractivity contribution in [1.82, 2.24) is 9.44 Å². The molecule has 126 valence electrons. The number of nitrogens with one attached hydrogen (secondary N) is 2. The molecule has 0 radical (unpaired) electrons. The van der Waals surface area contributed by atoms with E-state index < -0.39 is 24.6 Å². The van der Waals surface area contributed by atoms with Gasteiger partial charge >= 0.3 is 0 Å². The summed E-state index contributed by atoms with van der Waals surface area (Å²) in [4.78, 5) is 0. The number of nitrogens with zero attached hydrogens (tertiary/aromatic N) is 2. The molecule has 0 aliphatic heterocycles. The zero-order valence-corrected chi connectivity index (χ0v) is 14.2. The molecule has 0 saturated heterocycles. The van der Waals surface area contributed by atoms with Gasteiger partial charge in [0, 0.05) is 25.9 Å². The van der Waals surface area contributed by atoms with Crippen molar-refractivity contribution in [2.75, 3.05) is 13.1 Å². The third-order valence-electron chi connectivity index (χ3n) is 2.91. The van der Waals surface area contributed by atoms with Crippen molar-refractivity contribution in [2.45, 2.75) is 50.0 Å². The molecule has 8 nitrogen and oxygen atoms in total. The Hall–Kier alpha value is -1.20. The Morgan fingerprint density at radius 3 is 1.50 bits per heavy atom. The summed E-state index contributed by atoms with van der Waals surface area (Å²) in [6, 6.07) is 3.89. The van der Waals surface area contributed by atoms with Crippen LogP contribution in [0.5, 0.6) is 0 Å². The molecule has 0 saturated carbocycles. The van der Waals surface area contributed by atoms with Crippen molar-refractivity contribution in [3.63, 3.8) is 0 Å². The average Bonchev–Trinajstić information content (AvgIpc) is 2.46. The Morgan fingerprint density at radius 2 is 1.18 bits per heavy atom. The first kappa shape index (κ1) is 20.8. The van der Waals surface area contributed by atoms with Crippen LogP contribution in [0.1, 0.15) is 45.4 Å². The summed E-state index contributed by atoms with van der Waals surface area (Å²) in [6.45, 7) is 1.31. The summed E-state index contributed by atoms with van der Waals surface area (Å²) in [5, 5.41) is 16.7. The molecule has 22 heavy (non-hydrogen) atoms. The number of hydrogen-bond donors (Lipinski definition) is 2. The normalized spacial score (nSPS) is 12.0. The molecule has 0 unspecified atom stereocenters. The van der Waals surface area contributed by atoms with Gasteiger partial charge < -0.3 is 0 Å². The van der Waals surface area contributed by atoms with E-state index in [-0.39, 0.29) is 13.1 Å². The number of unbranched alkanes of at least 4 members (excludes halogenated alkanes) is 4. The van der Waals surface area contributed by atoms with E-state index in [9.17, 15) is 16.8 Å². The van der Waals surface area contributed by atoms with E-state index >= 15 is 0 Å². The van der Waals surface area contributed by atoms with Crippen LogP contribution in [-0.4, -0.2) is 34.5 Å². The van der Waals surface area contributed by atoms with Crippen LogP contribution in [-0.2, 0) is 20.0 Å². The highest BCUT2D eigenvalue weighted by Gasteiger charge is 2.32. The third-order valence-corrected chi connectivity index (χ3v) is 7.39. The second-order valence-corrected chi connectivity index (χ2v) is 9.15. The van der Waals surface area contributed by atoms with E-state index in [1.165, 1.54) is 0 Å². The maximum atomic E-state index is 11.9. The maximum absolute atomic E-state index is 11.9. The predicted molar refractivity (Wildman–Crippen MR) is 82.2 cm³/mol. The molecule has 10 heteroatoms. The summed E-state index contributed by atoms with van der Waals surface area (Å²) >= 11 is 0. The molecule has 0 aromatic carbocycles. The lowest BCUT2D eigenvalue weighted by Crippen LogP contribution is -2.43. The topological polar surface area (TPSA) is 140 Å². The van der Waals surface area contributed by atoms with Crippen LogP contribution < -0.4 is 9.44 Å². The minimum Gasteiger partial charge on any atom is -0.214 e. The Kier molecular flexibility index (Phi) is 9.94. The highest BCUT2D eigenvalue weighted by molar-refractivity contribution is 8.07. The fraction of sp³-hybridized carbons (Fsp3) is 0.833. The van der Waals surface area contributed by atoms with Crippen LogP contribution in [0.25, 0.3) is 0 Å². The van der Waals surface area contributed by atoms with E-state index in [0.717, 1.165) is 6.92 Å². The molecule has 0 aromatic rings. The van der Waals surface area contributed by atoms with Crippen LogP contribution in [0, 0.1) is 22.7 Å². The number of nitriles is 2. The minimum absolute atomic E-state index is 0.103. The molecule has 0 rings (SSSR count). The number of hydrogen-bond acceptors (Lipinski definition) is 6. The Bertz CT molecular complexity index is 548. The quantitative estimate of drug-likeness (QED) is 0.493. The molecular weight excluding hydrogens is 328 g/mol. The van der Waals surface area contributed by atoms with Crippen molar-refractivity contribution in [3.05, 3.63) is 0 Å². The van der Waals surface area contributed by atoms with Gasteiger partial charge in [0.2, 0.25) is 20.0 Å². The Balaban J connectivity index is 4.36. The van der Waals surface area contributed by atoms with Gasteiger partial charge in [-0.15, -0.1) is 0 Å². The third kappa shape index (κ3) is 8.29. The van der Waals surface area contributed by atoms with E-state index in [1.54, 1.807) is 0 Å². The van der Waals surface area contributed by atoms with Gasteiger partial charge in [0.05, 0.1) is 12.1 Å². The smallest absolute Gasteiger partial charge is 0.214 e. The largest absolute Gasteiger partial charge is 0.230 e. The van der Waals surface area contributed by atoms with Crippen molar-refractivity contribution >= 4 is 20.0 Å². The van der Waals surface area contributed by atoms with E-state index in [1.807, 2.05) is 12.1 Å². The van der Waals surface area contributed by atoms with Gasteiger partial charge in [-0.05, 0) is 32.6 Å². The molecule has 2 N–H and O–H groups in total. The highest BCUT2D eigenvalue weighted by Crippen LogP contribution is 2.07. The maximum Gasteiger partial charge on any atom is 0.230 e. The van der Waals surface area contributed by atoms with Gasteiger partial charge in [-0.2, -0.15) is 10.5 Å². The standard InChI is InChI=1S/C12H22N4O4S2/c1-12(21(17,18)15-10-6-2-4-8-13)22(19,20)16-11-7-3-5-9-14/h12,15-16H,2-7,10-11H2,1H3. The van der Waals surface area contributed by atoms with Crippen LogP contribution in [0.2, 0.25) is 0 Å². The average molecular weight is 350 g/mol. The van der Waals surface area contributed by atoms with E-state index in [4.69, 9.17) is 10.5 Å². The molecule has 0 fully saturated rings. The minimum atomic E-state index is -3.99. The molecule has 0 aromatic heterocycles. The van der Waals surface area contributed by atoms with Gasteiger partial charge in [-0.3, -0.25) is 0 Å². The van der Waals surface area contributed by atoms with Crippen LogP contribution in [0.4, 0.5) is 0 Å². The van der Waals surface area contributed by atoms with Gasteiger partial charge in [-0.1, -0.05) is 0 Å². The van der Waals surface area contributed by atoms with Crippen LogP contribution >= 0.6 is 0 Å². The first-order chi connectivity index (χ1) is 10.3. The van der Waals surface area contributed by atoms with Crippen molar-refractivity contribution in [3.8, 4) is 12.1 Å². The lowest BCUT2D eigenvalue weighted by molar-refractivity contribution is 0.557. The lowest BCUT2D eigenvalue weighted by atomic mass is 10.2. The predicted octanol–water partition coefficient (Wildman–Crippen LogP) is 0.559. The fourth-order valence-corrected chi connectivity index (χ4v) is 4.56. The highest BCUT2D eigenvalue weighted by atomic mass is 32.3. The summed E-state index contributed by atoms with van der Waals surface area (Å²) in [6.07, 6.45) is 2.72.